The van der Waals surface area contributed by atoms with E-state index >= 15 is 0 Å². The molecule has 0 bridgehead atoms. The highest BCUT2D eigenvalue weighted by Gasteiger charge is 2.36. The molecular formula is C20H39N5. The van der Waals surface area contributed by atoms with Crippen LogP contribution in [-0.4, -0.2) is 86.6 Å². The lowest BCUT2D eigenvalue weighted by atomic mass is 9.82. The monoisotopic (exact) mass is 349 g/mol. The number of likely N-dealkylation sites (N-methyl/N-ethyl adjacent to an activating group) is 1. The molecule has 2 saturated heterocycles. The Morgan fingerprint density at radius 1 is 1.04 bits per heavy atom. The molecule has 3 unspecified atom stereocenters. The molecule has 1 N–H and O–H groups in total. The molecule has 25 heavy (non-hydrogen) atoms. The van der Waals surface area contributed by atoms with Crippen molar-refractivity contribution in [3.8, 4) is 0 Å². The van der Waals surface area contributed by atoms with E-state index in [9.17, 15) is 0 Å². The summed E-state index contributed by atoms with van der Waals surface area (Å²) in [7, 11) is 4.18. The van der Waals surface area contributed by atoms with E-state index < -0.39 is 0 Å². The Kier molecular flexibility index (Phi) is 6.61. The average molecular weight is 350 g/mol. The van der Waals surface area contributed by atoms with Gasteiger partial charge in [-0.15, -0.1) is 0 Å². The summed E-state index contributed by atoms with van der Waals surface area (Å²) in [6, 6.07) is 0.593. The molecule has 1 aliphatic carbocycles. The van der Waals surface area contributed by atoms with Crippen LogP contribution in [0.5, 0.6) is 0 Å². The first-order valence-electron chi connectivity index (χ1n) is 10.5. The number of piperazine rings is 1. The normalized spacial score (nSPS) is 30.6. The summed E-state index contributed by atoms with van der Waals surface area (Å²) in [5.74, 6) is 3.61. The number of nitrogens with one attached hydrogen (secondary N) is 1. The van der Waals surface area contributed by atoms with Crippen molar-refractivity contribution in [1.29, 1.82) is 0 Å². The van der Waals surface area contributed by atoms with Crippen molar-refractivity contribution in [2.75, 3.05) is 59.9 Å². The van der Waals surface area contributed by atoms with Crippen molar-refractivity contribution in [2.45, 2.75) is 45.6 Å². The fraction of sp³-hybridized carbons (Fsp3) is 0.950. The molecular weight excluding hydrogens is 310 g/mol. The number of fused-ring (bicyclic) bond motifs is 1. The fourth-order valence-electron chi connectivity index (χ4n) is 5.05. The molecule has 3 aliphatic rings. The van der Waals surface area contributed by atoms with Crippen molar-refractivity contribution in [1.82, 2.24) is 20.0 Å². The predicted octanol–water partition coefficient (Wildman–Crippen LogP) is 1.96. The second kappa shape index (κ2) is 8.72. The van der Waals surface area contributed by atoms with Gasteiger partial charge in [-0.25, -0.2) is 0 Å². The van der Waals surface area contributed by atoms with Gasteiger partial charge in [-0.2, -0.15) is 0 Å². The van der Waals surface area contributed by atoms with E-state index in [1.807, 2.05) is 7.05 Å². The van der Waals surface area contributed by atoms with Gasteiger partial charge >= 0.3 is 0 Å². The summed E-state index contributed by atoms with van der Waals surface area (Å²) in [6.45, 7) is 12.9. The molecule has 3 rings (SSSR count). The summed E-state index contributed by atoms with van der Waals surface area (Å²) in [4.78, 5) is 12.3. The maximum atomic E-state index is 4.62. The van der Waals surface area contributed by atoms with Crippen LogP contribution in [-0.2, 0) is 0 Å². The lowest BCUT2D eigenvalue weighted by molar-refractivity contribution is 0.0897. The van der Waals surface area contributed by atoms with E-state index in [2.05, 4.69) is 45.9 Å². The number of hydrogen-bond donors (Lipinski definition) is 1. The Balaban J connectivity index is 1.54. The van der Waals surface area contributed by atoms with Gasteiger partial charge in [0.2, 0.25) is 0 Å². The second-order valence-corrected chi connectivity index (χ2v) is 8.79. The smallest absolute Gasteiger partial charge is 0.193 e. The Morgan fingerprint density at radius 3 is 2.16 bits per heavy atom. The highest BCUT2D eigenvalue weighted by atomic mass is 15.3. The Morgan fingerprint density at radius 2 is 1.64 bits per heavy atom. The number of likely N-dealkylation sites (tertiary alicyclic amines) is 1. The van der Waals surface area contributed by atoms with Gasteiger partial charge in [0.1, 0.15) is 0 Å². The van der Waals surface area contributed by atoms with Crippen LogP contribution >= 0.6 is 0 Å². The zero-order valence-electron chi connectivity index (χ0n) is 16.9. The van der Waals surface area contributed by atoms with Gasteiger partial charge in [0.15, 0.2) is 5.96 Å². The summed E-state index contributed by atoms with van der Waals surface area (Å²) in [5, 5.41) is 3.73. The van der Waals surface area contributed by atoms with Crippen LogP contribution in [0.4, 0.5) is 0 Å². The third kappa shape index (κ3) is 4.68. The number of rotatable bonds is 4. The Hall–Kier alpha value is -0.810. The average Bonchev–Trinajstić information content (AvgIpc) is 3.03. The first-order chi connectivity index (χ1) is 12.1. The minimum absolute atomic E-state index is 0.593. The van der Waals surface area contributed by atoms with E-state index in [1.165, 1.54) is 65.0 Å². The standard InChI is InChI=1S/C20H39N5/c1-16(2)19(24-11-9-23(4)10-12-24)13-22-20(21-3)25-14-17-7-5-6-8-18(17)15-25/h16-19H,5-15H2,1-4H3,(H,21,22). The molecule has 0 aromatic carbocycles. The van der Waals surface area contributed by atoms with E-state index in [4.69, 9.17) is 0 Å². The van der Waals surface area contributed by atoms with Gasteiger partial charge in [-0.1, -0.05) is 26.7 Å². The summed E-state index contributed by atoms with van der Waals surface area (Å²) in [6.07, 6.45) is 5.71. The maximum absolute atomic E-state index is 4.62. The molecule has 0 aromatic heterocycles. The number of hydrogen-bond acceptors (Lipinski definition) is 3. The van der Waals surface area contributed by atoms with Crippen LogP contribution < -0.4 is 5.32 Å². The highest BCUT2D eigenvalue weighted by molar-refractivity contribution is 5.80. The van der Waals surface area contributed by atoms with Crippen LogP contribution in [0, 0.1) is 17.8 Å². The molecule has 2 aliphatic heterocycles. The van der Waals surface area contributed by atoms with E-state index in [-0.39, 0.29) is 0 Å². The summed E-state index contributed by atoms with van der Waals surface area (Å²) >= 11 is 0. The summed E-state index contributed by atoms with van der Waals surface area (Å²) in [5.41, 5.74) is 0. The summed E-state index contributed by atoms with van der Waals surface area (Å²) < 4.78 is 0. The third-order valence-corrected chi connectivity index (χ3v) is 6.73. The third-order valence-electron chi connectivity index (χ3n) is 6.73. The van der Waals surface area contributed by atoms with Crippen molar-refractivity contribution in [3.05, 3.63) is 0 Å². The predicted molar refractivity (Wildman–Crippen MR) is 106 cm³/mol. The molecule has 0 aromatic rings. The van der Waals surface area contributed by atoms with Gasteiger partial charge in [-0.05, 0) is 37.6 Å². The molecule has 0 spiro atoms. The second-order valence-electron chi connectivity index (χ2n) is 8.79. The van der Waals surface area contributed by atoms with Crippen molar-refractivity contribution >= 4 is 5.96 Å². The minimum atomic E-state index is 0.593. The molecule has 3 atom stereocenters. The van der Waals surface area contributed by atoms with Gasteiger partial charge in [0.05, 0.1) is 0 Å². The zero-order chi connectivity index (χ0) is 17.8. The molecule has 144 valence electrons. The SMILES string of the molecule is CN=C(NCC(C(C)C)N1CCN(C)CC1)N1CC2CCCCC2C1. The molecule has 3 fully saturated rings. The Labute approximate surface area is 154 Å². The molecule has 2 heterocycles. The number of guanidine groups is 1. The number of nitrogens with zero attached hydrogens (tertiary/aromatic N) is 4. The van der Waals surface area contributed by atoms with Gasteiger partial charge < -0.3 is 15.1 Å². The van der Waals surface area contributed by atoms with Gasteiger partial charge in [0.25, 0.3) is 0 Å². The van der Waals surface area contributed by atoms with Crippen molar-refractivity contribution < 1.29 is 0 Å². The van der Waals surface area contributed by atoms with Gasteiger partial charge in [-0.3, -0.25) is 9.89 Å². The lowest BCUT2D eigenvalue weighted by Crippen LogP contribution is -2.55. The van der Waals surface area contributed by atoms with E-state index in [0.29, 0.717) is 12.0 Å². The molecule has 5 heteroatoms. The van der Waals surface area contributed by atoms with Crippen LogP contribution in [0.3, 0.4) is 0 Å². The molecule has 0 amide bonds. The highest BCUT2D eigenvalue weighted by Crippen LogP contribution is 2.35. The Bertz CT molecular complexity index is 427. The minimum Gasteiger partial charge on any atom is -0.355 e. The lowest BCUT2D eigenvalue weighted by Gasteiger charge is -2.40. The molecule has 5 nitrogen and oxygen atoms in total. The first kappa shape index (κ1) is 19.0. The first-order valence-corrected chi connectivity index (χ1v) is 10.5. The molecule has 1 saturated carbocycles. The van der Waals surface area contributed by atoms with Crippen molar-refractivity contribution in [3.63, 3.8) is 0 Å². The largest absolute Gasteiger partial charge is 0.355 e. The van der Waals surface area contributed by atoms with E-state index in [0.717, 1.165) is 24.3 Å². The van der Waals surface area contributed by atoms with Crippen LogP contribution in [0.15, 0.2) is 4.99 Å². The zero-order valence-corrected chi connectivity index (χ0v) is 16.9. The van der Waals surface area contributed by atoms with Crippen LogP contribution in [0.2, 0.25) is 0 Å². The fourth-order valence-corrected chi connectivity index (χ4v) is 5.05. The van der Waals surface area contributed by atoms with E-state index in [1.54, 1.807) is 0 Å². The van der Waals surface area contributed by atoms with Gasteiger partial charge in [0, 0.05) is 58.9 Å². The topological polar surface area (TPSA) is 34.1 Å². The molecule has 0 radical (unpaired) electrons. The van der Waals surface area contributed by atoms with Crippen LogP contribution in [0.1, 0.15) is 39.5 Å². The number of aliphatic imine (C=N–C) groups is 1. The van der Waals surface area contributed by atoms with Crippen LogP contribution in [0.25, 0.3) is 0 Å². The quantitative estimate of drug-likeness (QED) is 0.621. The van der Waals surface area contributed by atoms with Crippen molar-refractivity contribution in [2.24, 2.45) is 22.7 Å². The maximum Gasteiger partial charge on any atom is 0.193 e.